The largest absolute Gasteiger partial charge is 0.505 e. The zero-order valence-electron chi connectivity index (χ0n) is 9.32. The first-order valence-electron chi connectivity index (χ1n) is 5.08. The number of nitrogens with one attached hydrogen (secondary N) is 1. The van der Waals surface area contributed by atoms with E-state index in [0.29, 0.717) is 12.1 Å². The zero-order valence-corrected chi connectivity index (χ0v) is 9.32. The lowest BCUT2D eigenvalue weighted by atomic mass is 10.2. The summed E-state index contributed by atoms with van der Waals surface area (Å²) < 4.78 is 39.3. The fourth-order valence-corrected chi connectivity index (χ4v) is 1.42. The first kappa shape index (κ1) is 12.9. The van der Waals surface area contributed by atoms with Gasteiger partial charge in [0.1, 0.15) is 17.3 Å². The highest BCUT2D eigenvalue weighted by molar-refractivity contribution is 6.06. The van der Waals surface area contributed by atoms with Crippen LogP contribution in [0.3, 0.4) is 0 Å². The molecule has 0 aliphatic heterocycles. The van der Waals surface area contributed by atoms with E-state index in [2.05, 4.69) is 4.98 Å². The van der Waals surface area contributed by atoms with Gasteiger partial charge in [-0.25, -0.2) is 13.2 Å². The topological polar surface area (TPSA) is 62.2 Å². The third kappa shape index (κ3) is 2.65. The molecule has 1 aromatic carbocycles. The van der Waals surface area contributed by atoms with Crippen LogP contribution in [0.2, 0.25) is 0 Å². The van der Waals surface area contributed by atoms with E-state index in [4.69, 9.17) is 0 Å². The number of anilines is 1. The van der Waals surface area contributed by atoms with E-state index in [-0.39, 0.29) is 5.56 Å². The number of hydrogen-bond donors (Lipinski definition) is 2. The van der Waals surface area contributed by atoms with Gasteiger partial charge in [-0.2, -0.15) is 0 Å². The maximum Gasteiger partial charge on any atom is 0.259 e. The Morgan fingerprint density at radius 1 is 1.21 bits per heavy atom. The van der Waals surface area contributed by atoms with Crippen molar-refractivity contribution < 1.29 is 23.1 Å². The summed E-state index contributed by atoms with van der Waals surface area (Å²) in [5.41, 5.74) is -0.999. The summed E-state index contributed by atoms with van der Waals surface area (Å²) in [6.45, 7) is 0. The highest BCUT2D eigenvalue weighted by atomic mass is 19.1. The summed E-state index contributed by atoms with van der Waals surface area (Å²) in [7, 11) is 0. The van der Waals surface area contributed by atoms with E-state index in [0.717, 1.165) is 6.20 Å². The van der Waals surface area contributed by atoms with Crippen LogP contribution in [-0.4, -0.2) is 16.0 Å². The molecule has 2 aromatic rings. The molecular weight excluding hydrogens is 261 g/mol. The van der Waals surface area contributed by atoms with Crippen LogP contribution < -0.4 is 5.32 Å². The maximum absolute atomic E-state index is 13.3. The molecule has 0 bridgehead atoms. The molecule has 0 aliphatic carbocycles. The summed E-state index contributed by atoms with van der Waals surface area (Å²) in [5.74, 6) is -4.98. The highest BCUT2D eigenvalue weighted by Gasteiger charge is 2.17. The van der Waals surface area contributed by atoms with E-state index in [1.54, 1.807) is 0 Å². The lowest BCUT2D eigenvalue weighted by molar-refractivity contribution is 0.102. The molecule has 0 spiro atoms. The molecule has 0 saturated carbocycles. The fraction of sp³-hybridized carbons (Fsp3) is 0. The Balaban J connectivity index is 2.32. The van der Waals surface area contributed by atoms with Crippen molar-refractivity contribution in [2.24, 2.45) is 0 Å². The number of aromatic hydroxyl groups is 1. The van der Waals surface area contributed by atoms with Gasteiger partial charge < -0.3 is 10.4 Å². The first-order chi connectivity index (χ1) is 8.99. The molecule has 0 aliphatic rings. The van der Waals surface area contributed by atoms with Gasteiger partial charge in [0.2, 0.25) is 0 Å². The predicted molar refractivity (Wildman–Crippen MR) is 60.2 cm³/mol. The number of benzene rings is 1. The van der Waals surface area contributed by atoms with E-state index in [9.17, 15) is 23.1 Å². The summed E-state index contributed by atoms with van der Waals surface area (Å²) in [6, 6.07) is 2.04. The number of halogens is 3. The number of carbonyl (C=O) groups is 1. The number of rotatable bonds is 2. The minimum absolute atomic E-state index is 0.210. The van der Waals surface area contributed by atoms with Crippen molar-refractivity contribution in [2.45, 2.75) is 0 Å². The highest BCUT2D eigenvalue weighted by Crippen LogP contribution is 2.22. The molecule has 1 heterocycles. The van der Waals surface area contributed by atoms with Gasteiger partial charge in [0.25, 0.3) is 5.91 Å². The van der Waals surface area contributed by atoms with Crippen LogP contribution in [0.5, 0.6) is 5.75 Å². The minimum Gasteiger partial charge on any atom is -0.505 e. The molecule has 2 rings (SSSR count). The normalized spacial score (nSPS) is 10.3. The Labute approximate surface area is 105 Å². The molecule has 98 valence electrons. The maximum atomic E-state index is 13.3. The Hall–Kier alpha value is -2.57. The van der Waals surface area contributed by atoms with Crippen LogP contribution in [0.1, 0.15) is 10.4 Å². The quantitative estimate of drug-likeness (QED) is 0.879. The fourth-order valence-electron chi connectivity index (χ4n) is 1.42. The predicted octanol–water partition coefficient (Wildman–Crippen LogP) is 2.46. The molecule has 19 heavy (non-hydrogen) atoms. The summed E-state index contributed by atoms with van der Waals surface area (Å²) in [6.07, 6.45) is 2.23. The molecule has 1 aromatic heterocycles. The molecule has 0 saturated heterocycles. The van der Waals surface area contributed by atoms with Gasteiger partial charge in [-0.05, 0) is 6.07 Å². The second kappa shape index (κ2) is 4.97. The van der Waals surface area contributed by atoms with Crippen molar-refractivity contribution in [1.82, 2.24) is 4.98 Å². The third-order valence-electron chi connectivity index (χ3n) is 2.29. The smallest absolute Gasteiger partial charge is 0.259 e. The van der Waals surface area contributed by atoms with Gasteiger partial charge in [0, 0.05) is 18.3 Å². The molecule has 4 nitrogen and oxygen atoms in total. The number of amides is 1. The average molecular weight is 268 g/mol. The van der Waals surface area contributed by atoms with Crippen LogP contribution in [0.15, 0.2) is 30.6 Å². The van der Waals surface area contributed by atoms with Crippen molar-refractivity contribution in [2.75, 3.05) is 5.32 Å². The summed E-state index contributed by atoms with van der Waals surface area (Å²) >= 11 is 0. The summed E-state index contributed by atoms with van der Waals surface area (Å²) in [4.78, 5) is 15.3. The first-order valence-corrected chi connectivity index (χ1v) is 5.08. The van der Waals surface area contributed by atoms with Gasteiger partial charge in [-0.1, -0.05) is 0 Å². The van der Waals surface area contributed by atoms with E-state index in [1.807, 2.05) is 5.32 Å². The van der Waals surface area contributed by atoms with Gasteiger partial charge in [-0.15, -0.1) is 0 Å². The molecule has 7 heteroatoms. The van der Waals surface area contributed by atoms with Crippen LogP contribution in [0.25, 0.3) is 0 Å². The zero-order chi connectivity index (χ0) is 14.0. The third-order valence-corrected chi connectivity index (χ3v) is 2.29. The average Bonchev–Trinajstić information content (AvgIpc) is 2.34. The molecule has 0 unspecified atom stereocenters. The number of carbonyl (C=O) groups excluding carboxylic acids is 1. The Morgan fingerprint density at radius 2 is 1.84 bits per heavy atom. The van der Waals surface area contributed by atoms with Crippen molar-refractivity contribution in [1.29, 1.82) is 0 Å². The lowest BCUT2D eigenvalue weighted by Gasteiger charge is -2.08. The Morgan fingerprint density at radius 3 is 2.42 bits per heavy atom. The van der Waals surface area contributed by atoms with Crippen LogP contribution in [-0.2, 0) is 0 Å². The Bertz CT molecular complexity index is 624. The van der Waals surface area contributed by atoms with Gasteiger partial charge in [-0.3, -0.25) is 9.78 Å². The van der Waals surface area contributed by atoms with Gasteiger partial charge in [0.15, 0.2) is 11.6 Å². The molecular formula is C12H7F3N2O2. The molecule has 1 amide bonds. The minimum atomic E-state index is -1.25. The van der Waals surface area contributed by atoms with Crippen molar-refractivity contribution in [3.63, 3.8) is 0 Å². The monoisotopic (exact) mass is 268 g/mol. The van der Waals surface area contributed by atoms with Crippen LogP contribution in [0.4, 0.5) is 18.9 Å². The number of hydrogen-bond acceptors (Lipinski definition) is 3. The lowest BCUT2D eigenvalue weighted by Crippen LogP contribution is -2.14. The van der Waals surface area contributed by atoms with Gasteiger partial charge >= 0.3 is 0 Å². The second-order valence-corrected chi connectivity index (χ2v) is 3.59. The standard InChI is InChI=1S/C12H7F3N2O2/c13-6-3-8(14)11(9(15)4-6)17-12(19)7-1-2-16-5-10(7)18/h1-5,18H,(H,17,19). The number of nitrogens with zero attached hydrogens (tertiary/aromatic N) is 1. The van der Waals surface area contributed by atoms with E-state index >= 15 is 0 Å². The van der Waals surface area contributed by atoms with Crippen molar-refractivity contribution in [3.8, 4) is 5.75 Å². The van der Waals surface area contributed by atoms with E-state index in [1.165, 1.54) is 12.3 Å². The number of pyridine rings is 1. The van der Waals surface area contributed by atoms with Crippen molar-refractivity contribution >= 4 is 11.6 Å². The summed E-state index contributed by atoms with van der Waals surface area (Å²) in [5, 5.41) is 11.3. The van der Waals surface area contributed by atoms with E-state index < -0.39 is 34.8 Å². The molecule has 2 N–H and O–H groups in total. The van der Waals surface area contributed by atoms with Crippen LogP contribution >= 0.6 is 0 Å². The van der Waals surface area contributed by atoms with Gasteiger partial charge in [0.05, 0.1) is 11.8 Å². The SMILES string of the molecule is O=C(Nc1c(F)cc(F)cc1F)c1ccncc1O. The van der Waals surface area contributed by atoms with Crippen molar-refractivity contribution in [3.05, 3.63) is 53.6 Å². The second-order valence-electron chi connectivity index (χ2n) is 3.59. The molecule has 0 radical (unpaired) electrons. The number of aromatic nitrogens is 1. The molecule has 0 fully saturated rings. The Kier molecular flexibility index (Phi) is 3.37. The molecule has 0 atom stereocenters. The van der Waals surface area contributed by atoms with Crippen LogP contribution in [0, 0.1) is 17.5 Å².